The fourth-order valence-corrected chi connectivity index (χ4v) is 6.43. The Morgan fingerprint density at radius 2 is 2.04 bits per heavy atom. The summed E-state index contributed by atoms with van der Waals surface area (Å²) in [6, 6.07) is 2.29. The Labute approximate surface area is 159 Å². The van der Waals surface area contributed by atoms with Crippen LogP contribution in [0.25, 0.3) is 0 Å². The molecule has 2 saturated carbocycles. The summed E-state index contributed by atoms with van der Waals surface area (Å²) in [4.78, 5) is 16.6. The summed E-state index contributed by atoms with van der Waals surface area (Å²) in [5.41, 5.74) is 5.11. The topological polar surface area (TPSA) is 70.8 Å². The largest absolute Gasteiger partial charge is 0.398 e. The molecule has 0 aliphatic heterocycles. The molecule has 3 aliphatic rings. The van der Waals surface area contributed by atoms with Crippen molar-refractivity contribution in [2.45, 2.75) is 65.2 Å². The van der Waals surface area contributed by atoms with Gasteiger partial charge in [-0.2, -0.15) is 5.90 Å². The first-order valence-electron chi connectivity index (χ1n) is 9.50. The second kappa shape index (κ2) is 6.82. The maximum absolute atomic E-state index is 12.5. The molecule has 1 aromatic rings. The zero-order valence-corrected chi connectivity index (χ0v) is 16.5. The SMILES string of the molecule is Cc1cc2c(c(C)c1OSOON)CCC1C2CCC2(C)C(=O)CCC12. The summed E-state index contributed by atoms with van der Waals surface area (Å²) in [6.45, 7) is 6.42. The molecule has 2 fully saturated rings. The van der Waals surface area contributed by atoms with Gasteiger partial charge < -0.3 is 4.18 Å². The van der Waals surface area contributed by atoms with Gasteiger partial charge >= 0.3 is 0 Å². The number of rotatable bonds is 4. The van der Waals surface area contributed by atoms with Crippen molar-refractivity contribution in [3.05, 3.63) is 28.3 Å². The van der Waals surface area contributed by atoms with Crippen LogP contribution in [0.2, 0.25) is 0 Å². The third-order valence-corrected chi connectivity index (χ3v) is 7.70. The molecule has 0 saturated heterocycles. The second-order valence-electron chi connectivity index (χ2n) is 8.36. The summed E-state index contributed by atoms with van der Waals surface area (Å²) < 4.78 is 10.2. The van der Waals surface area contributed by atoms with Crippen LogP contribution in [-0.4, -0.2) is 5.78 Å². The first-order chi connectivity index (χ1) is 12.5. The van der Waals surface area contributed by atoms with Gasteiger partial charge in [0.25, 0.3) is 12.3 Å². The quantitative estimate of drug-likeness (QED) is 0.361. The molecule has 0 spiro atoms. The highest BCUT2D eigenvalue weighted by molar-refractivity contribution is 7.90. The number of carbonyl (C=O) groups excluding carboxylic acids is 1. The lowest BCUT2D eigenvalue weighted by Gasteiger charge is -2.48. The zero-order valence-electron chi connectivity index (χ0n) is 15.7. The van der Waals surface area contributed by atoms with Crippen molar-refractivity contribution >= 4 is 18.1 Å². The van der Waals surface area contributed by atoms with E-state index in [1.54, 1.807) is 0 Å². The van der Waals surface area contributed by atoms with E-state index in [9.17, 15) is 4.79 Å². The predicted molar refractivity (Wildman–Crippen MR) is 100 cm³/mol. The number of nitrogens with two attached hydrogens (primary N) is 1. The van der Waals surface area contributed by atoms with E-state index in [0.717, 1.165) is 55.7 Å². The maximum atomic E-state index is 12.5. The fourth-order valence-electron chi connectivity index (χ4n) is 6.05. The molecule has 0 bridgehead atoms. The van der Waals surface area contributed by atoms with Crippen molar-refractivity contribution in [3.8, 4) is 5.75 Å². The number of carbonyl (C=O) groups is 1. The van der Waals surface area contributed by atoms with Gasteiger partial charge in [-0.3, -0.25) is 4.79 Å². The molecule has 4 atom stereocenters. The first kappa shape index (κ1) is 18.3. The van der Waals surface area contributed by atoms with Gasteiger partial charge in [-0.05, 0) is 86.0 Å². The normalized spacial score (nSPS) is 32.8. The summed E-state index contributed by atoms with van der Waals surface area (Å²) >= 11 is 0.736. The molecule has 142 valence electrons. The molecular formula is C20H27NO4S. The smallest absolute Gasteiger partial charge is 0.260 e. The highest BCUT2D eigenvalue weighted by atomic mass is 32.2. The molecule has 1 aromatic carbocycles. The van der Waals surface area contributed by atoms with Crippen molar-refractivity contribution in [1.82, 2.24) is 0 Å². The molecule has 0 amide bonds. The van der Waals surface area contributed by atoms with Crippen molar-refractivity contribution in [2.75, 3.05) is 0 Å². The molecule has 3 aliphatic carbocycles. The van der Waals surface area contributed by atoms with Crippen LogP contribution in [0, 0.1) is 31.1 Å². The van der Waals surface area contributed by atoms with Gasteiger partial charge in [0.15, 0.2) is 0 Å². The second-order valence-corrected chi connectivity index (χ2v) is 8.80. The lowest BCUT2D eigenvalue weighted by molar-refractivity contribution is -0.199. The van der Waals surface area contributed by atoms with Crippen LogP contribution in [0.1, 0.15) is 67.2 Å². The Morgan fingerprint density at radius 1 is 1.23 bits per heavy atom. The minimum Gasteiger partial charge on any atom is -0.398 e. The van der Waals surface area contributed by atoms with Crippen LogP contribution in [0.4, 0.5) is 0 Å². The first-order valence-corrected chi connectivity index (χ1v) is 10.2. The number of ketones is 1. The van der Waals surface area contributed by atoms with Crippen LogP contribution in [-0.2, 0) is 20.5 Å². The monoisotopic (exact) mass is 377 g/mol. The van der Waals surface area contributed by atoms with Crippen molar-refractivity contribution in [1.29, 1.82) is 0 Å². The molecule has 5 nitrogen and oxygen atoms in total. The molecule has 4 unspecified atom stereocenters. The van der Waals surface area contributed by atoms with E-state index in [-0.39, 0.29) is 5.41 Å². The molecule has 6 heteroatoms. The Balaban J connectivity index is 1.66. The van der Waals surface area contributed by atoms with Gasteiger partial charge in [-0.15, -0.1) is 9.32 Å². The Kier molecular flexibility index (Phi) is 4.80. The molecule has 0 heterocycles. The average Bonchev–Trinajstić information content (AvgIpc) is 2.93. The summed E-state index contributed by atoms with van der Waals surface area (Å²) in [6.07, 6.45) is 6.24. The highest BCUT2D eigenvalue weighted by Gasteiger charge is 2.54. The predicted octanol–water partition coefficient (Wildman–Crippen LogP) is 4.49. The fraction of sp³-hybridized carbons (Fsp3) is 0.650. The van der Waals surface area contributed by atoms with E-state index in [1.807, 2.05) is 0 Å². The van der Waals surface area contributed by atoms with Crippen molar-refractivity contribution < 1.29 is 18.3 Å². The molecule has 4 rings (SSSR count). The van der Waals surface area contributed by atoms with Gasteiger partial charge in [0.1, 0.15) is 11.5 Å². The molecule has 0 radical (unpaired) electrons. The van der Waals surface area contributed by atoms with Gasteiger partial charge in [0.2, 0.25) is 0 Å². The summed E-state index contributed by atoms with van der Waals surface area (Å²) in [7, 11) is 0. The van der Waals surface area contributed by atoms with Crippen molar-refractivity contribution in [2.24, 2.45) is 23.1 Å². The van der Waals surface area contributed by atoms with Crippen LogP contribution in [0.15, 0.2) is 6.07 Å². The molecular weight excluding hydrogens is 350 g/mol. The van der Waals surface area contributed by atoms with E-state index in [4.69, 9.17) is 10.1 Å². The van der Waals surface area contributed by atoms with E-state index in [1.165, 1.54) is 23.1 Å². The number of fused-ring (bicyclic) bond motifs is 5. The number of hydrogen-bond donors (Lipinski definition) is 1. The highest BCUT2D eigenvalue weighted by Crippen LogP contribution is 2.60. The third kappa shape index (κ3) is 2.70. The van der Waals surface area contributed by atoms with Crippen LogP contribution < -0.4 is 10.1 Å². The van der Waals surface area contributed by atoms with Gasteiger partial charge in [0, 0.05) is 11.8 Å². The number of Topliss-reactive ketones (excluding diaryl/α,β-unsaturated/α-hetero) is 1. The third-order valence-electron chi connectivity index (χ3n) is 7.33. The maximum Gasteiger partial charge on any atom is 0.260 e. The van der Waals surface area contributed by atoms with Crippen LogP contribution in [0.3, 0.4) is 0 Å². The van der Waals surface area contributed by atoms with Gasteiger partial charge in [0.05, 0.1) is 0 Å². The van der Waals surface area contributed by atoms with E-state index in [0.29, 0.717) is 23.5 Å². The lowest BCUT2D eigenvalue weighted by atomic mass is 9.55. The minimum absolute atomic E-state index is 0.0674. The molecule has 26 heavy (non-hydrogen) atoms. The minimum atomic E-state index is -0.0674. The van der Waals surface area contributed by atoms with Crippen molar-refractivity contribution in [3.63, 3.8) is 0 Å². The van der Waals surface area contributed by atoms with Crippen LogP contribution in [0.5, 0.6) is 5.75 Å². The van der Waals surface area contributed by atoms with Gasteiger partial charge in [-0.25, -0.2) is 0 Å². The zero-order chi connectivity index (χ0) is 18.5. The Hall–Kier alpha value is -1.08. The average molecular weight is 378 g/mol. The summed E-state index contributed by atoms with van der Waals surface area (Å²) in [5, 5.41) is 0. The molecule has 2 N–H and O–H groups in total. The van der Waals surface area contributed by atoms with Crippen LogP contribution >= 0.6 is 12.3 Å². The number of hydrogen-bond acceptors (Lipinski definition) is 6. The Morgan fingerprint density at radius 3 is 2.81 bits per heavy atom. The molecule has 0 aromatic heterocycles. The Bertz CT molecular complexity index is 737. The van der Waals surface area contributed by atoms with E-state index < -0.39 is 0 Å². The number of benzene rings is 1. The number of aryl methyl sites for hydroxylation is 1. The summed E-state index contributed by atoms with van der Waals surface area (Å²) in [5.74, 6) is 7.98. The van der Waals surface area contributed by atoms with E-state index in [2.05, 4.69) is 36.2 Å². The van der Waals surface area contributed by atoms with E-state index >= 15 is 0 Å². The lowest BCUT2D eigenvalue weighted by Crippen LogP contribution is -2.42. The van der Waals surface area contributed by atoms with Gasteiger partial charge in [-0.1, -0.05) is 13.0 Å². The standard InChI is InChI=1S/C20H27NO4S/c1-11-10-16-13(12(2)19(11)23-26-25-24-21)4-5-15-14(16)8-9-20(3)17(15)6-7-18(20)22/h10,14-15,17H,4-9,21H2,1-3H3.